The average molecular weight is 270 g/mol. The van der Waals surface area contributed by atoms with Gasteiger partial charge in [-0.2, -0.15) is 0 Å². The second-order valence-electron chi connectivity index (χ2n) is 4.13. The molecule has 0 aliphatic carbocycles. The SMILES string of the molecule is Nc1ccccc1-c1nc(-c2ccc(F)cc2)cs1. The number of hydrogen-bond acceptors (Lipinski definition) is 3. The van der Waals surface area contributed by atoms with Crippen molar-refractivity contribution >= 4 is 17.0 Å². The molecule has 0 atom stereocenters. The van der Waals surface area contributed by atoms with E-state index in [1.165, 1.54) is 23.5 Å². The number of rotatable bonds is 2. The first-order valence-corrected chi connectivity index (χ1v) is 6.68. The van der Waals surface area contributed by atoms with Crippen LogP contribution in [-0.2, 0) is 0 Å². The molecule has 0 bridgehead atoms. The Balaban J connectivity index is 2.00. The van der Waals surface area contributed by atoms with Gasteiger partial charge in [0.25, 0.3) is 0 Å². The normalized spacial score (nSPS) is 10.6. The second-order valence-corrected chi connectivity index (χ2v) is 4.99. The van der Waals surface area contributed by atoms with E-state index >= 15 is 0 Å². The number of hydrogen-bond donors (Lipinski definition) is 1. The van der Waals surface area contributed by atoms with E-state index in [2.05, 4.69) is 4.98 Å². The highest BCUT2D eigenvalue weighted by molar-refractivity contribution is 7.13. The van der Waals surface area contributed by atoms with E-state index in [9.17, 15) is 4.39 Å². The molecule has 0 spiro atoms. The summed E-state index contributed by atoms with van der Waals surface area (Å²) in [6, 6.07) is 14.0. The zero-order valence-corrected chi connectivity index (χ0v) is 10.8. The van der Waals surface area contributed by atoms with Crippen LogP contribution in [0.5, 0.6) is 0 Å². The molecule has 0 fully saturated rings. The van der Waals surface area contributed by atoms with Crippen LogP contribution >= 0.6 is 11.3 Å². The number of benzene rings is 2. The van der Waals surface area contributed by atoms with Crippen LogP contribution in [-0.4, -0.2) is 4.98 Å². The molecule has 4 heteroatoms. The van der Waals surface area contributed by atoms with Gasteiger partial charge in [0, 0.05) is 22.2 Å². The summed E-state index contributed by atoms with van der Waals surface area (Å²) in [5.41, 5.74) is 9.32. The fourth-order valence-corrected chi connectivity index (χ4v) is 2.72. The Hall–Kier alpha value is -2.20. The first-order chi connectivity index (χ1) is 9.24. The Bertz CT molecular complexity index is 704. The molecule has 3 aromatic rings. The third-order valence-corrected chi connectivity index (χ3v) is 3.71. The summed E-state index contributed by atoms with van der Waals surface area (Å²) in [6.45, 7) is 0. The van der Waals surface area contributed by atoms with Crippen molar-refractivity contribution in [1.29, 1.82) is 0 Å². The molecule has 0 aliphatic rings. The summed E-state index contributed by atoms with van der Waals surface area (Å²) in [5.74, 6) is -0.244. The topological polar surface area (TPSA) is 38.9 Å². The van der Waals surface area contributed by atoms with Gasteiger partial charge in [0.15, 0.2) is 0 Å². The maximum Gasteiger partial charge on any atom is 0.126 e. The highest BCUT2D eigenvalue weighted by Gasteiger charge is 2.08. The zero-order chi connectivity index (χ0) is 13.2. The lowest BCUT2D eigenvalue weighted by molar-refractivity contribution is 0.628. The van der Waals surface area contributed by atoms with Gasteiger partial charge in [-0.3, -0.25) is 0 Å². The fraction of sp³-hybridized carbons (Fsp3) is 0. The highest BCUT2D eigenvalue weighted by atomic mass is 32.1. The van der Waals surface area contributed by atoms with Gasteiger partial charge in [-0.1, -0.05) is 12.1 Å². The van der Waals surface area contributed by atoms with Crippen LogP contribution in [0.3, 0.4) is 0 Å². The van der Waals surface area contributed by atoms with Crippen molar-refractivity contribution in [3.8, 4) is 21.8 Å². The number of nitrogen functional groups attached to an aromatic ring is 1. The molecule has 0 saturated heterocycles. The molecule has 94 valence electrons. The molecule has 1 heterocycles. The molecule has 0 unspecified atom stereocenters. The Morgan fingerprint density at radius 1 is 1.00 bits per heavy atom. The maximum absolute atomic E-state index is 12.9. The number of halogens is 1. The number of nitrogens with zero attached hydrogens (tertiary/aromatic N) is 1. The van der Waals surface area contributed by atoms with Crippen molar-refractivity contribution in [2.24, 2.45) is 0 Å². The van der Waals surface area contributed by atoms with E-state index in [1.807, 2.05) is 29.6 Å². The van der Waals surface area contributed by atoms with Crippen molar-refractivity contribution < 1.29 is 4.39 Å². The minimum absolute atomic E-state index is 0.244. The van der Waals surface area contributed by atoms with Crippen LogP contribution in [0.2, 0.25) is 0 Å². The Morgan fingerprint density at radius 2 is 1.74 bits per heavy atom. The Morgan fingerprint density at radius 3 is 2.47 bits per heavy atom. The van der Waals surface area contributed by atoms with E-state index in [-0.39, 0.29) is 5.82 Å². The van der Waals surface area contributed by atoms with Crippen LogP contribution in [0.25, 0.3) is 21.8 Å². The molecule has 19 heavy (non-hydrogen) atoms. The van der Waals surface area contributed by atoms with Crippen LogP contribution in [0, 0.1) is 5.82 Å². The van der Waals surface area contributed by atoms with E-state index in [0.29, 0.717) is 5.69 Å². The molecule has 1 aromatic heterocycles. The summed E-state index contributed by atoms with van der Waals surface area (Å²) < 4.78 is 12.9. The van der Waals surface area contributed by atoms with E-state index < -0.39 is 0 Å². The lowest BCUT2D eigenvalue weighted by atomic mass is 10.1. The van der Waals surface area contributed by atoms with Gasteiger partial charge in [-0.15, -0.1) is 11.3 Å². The zero-order valence-electron chi connectivity index (χ0n) is 10.0. The van der Waals surface area contributed by atoms with Crippen LogP contribution in [0.4, 0.5) is 10.1 Å². The molecule has 0 saturated carbocycles. The smallest absolute Gasteiger partial charge is 0.126 e. The van der Waals surface area contributed by atoms with Crippen molar-refractivity contribution in [2.75, 3.05) is 5.73 Å². The van der Waals surface area contributed by atoms with Gasteiger partial charge in [-0.05, 0) is 36.4 Å². The lowest BCUT2D eigenvalue weighted by Crippen LogP contribution is -1.88. The first kappa shape index (κ1) is 11.9. The molecular formula is C15H11FN2S. The Labute approximate surface area is 114 Å². The summed E-state index contributed by atoms with van der Waals surface area (Å²) in [4.78, 5) is 4.56. The Kier molecular flexibility index (Phi) is 3.01. The summed E-state index contributed by atoms with van der Waals surface area (Å²) in [6.07, 6.45) is 0. The molecule has 0 amide bonds. The summed E-state index contributed by atoms with van der Waals surface area (Å²) in [7, 11) is 0. The molecular weight excluding hydrogens is 259 g/mol. The molecule has 2 N–H and O–H groups in total. The lowest BCUT2D eigenvalue weighted by Gasteiger charge is -2.00. The third kappa shape index (κ3) is 2.35. The predicted molar refractivity (Wildman–Crippen MR) is 77.4 cm³/mol. The minimum atomic E-state index is -0.244. The third-order valence-electron chi connectivity index (χ3n) is 2.84. The van der Waals surface area contributed by atoms with Gasteiger partial charge in [0.1, 0.15) is 10.8 Å². The van der Waals surface area contributed by atoms with Crippen molar-refractivity contribution in [3.05, 3.63) is 59.7 Å². The number of para-hydroxylation sites is 1. The summed E-state index contributed by atoms with van der Waals surface area (Å²) >= 11 is 1.53. The summed E-state index contributed by atoms with van der Waals surface area (Å²) in [5, 5.41) is 2.83. The van der Waals surface area contributed by atoms with Gasteiger partial charge in [0.05, 0.1) is 5.69 Å². The number of aromatic nitrogens is 1. The van der Waals surface area contributed by atoms with E-state index in [1.54, 1.807) is 12.1 Å². The number of thiazole rings is 1. The van der Waals surface area contributed by atoms with Gasteiger partial charge < -0.3 is 5.73 Å². The molecule has 2 nitrogen and oxygen atoms in total. The highest BCUT2D eigenvalue weighted by Crippen LogP contribution is 2.31. The molecule has 3 rings (SSSR count). The van der Waals surface area contributed by atoms with Crippen LogP contribution in [0.1, 0.15) is 0 Å². The van der Waals surface area contributed by atoms with Crippen LogP contribution in [0.15, 0.2) is 53.9 Å². The number of nitrogens with two attached hydrogens (primary N) is 1. The van der Waals surface area contributed by atoms with Crippen molar-refractivity contribution in [3.63, 3.8) is 0 Å². The number of anilines is 1. The van der Waals surface area contributed by atoms with Crippen molar-refractivity contribution in [1.82, 2.24) is 4.98 Å². The first-order valence-electron chi connectivity index (χ1n) is 5.80. The quantitative estimate of drug-likeness (QED) is 0.709. The standard InChI is InChI=1S/C15H11FN2S/c16-11-7-5-10(6-8-11)14-9-19-15(18-14)12-3-1-2-4-13(12)17/h1-9H,17H2. The van der Waals surface area contributed by atoms with E-state index in [4.69, 9.17) is 5.73 Å². The van der Waals surface area contributed by atoms with E-state index in [0.717, 1.165) is 21.8 Å². The second kappa shape index (κ2) is 4.82. The predicted octanol–water partition coefficient (Wildman–Crippen LogP) is 4.20. The largest absolute Gasteiger partial charge is 0.398 e. The van der Waals surface area contributed by atoms with Crippen LogP contribution < -0.4 is 5.73 Å². The minimum Gasteiger partial charge on any atom is -0.398 e. The van der Waals surface area contributed by atoms with Gasteiger partial charge >= 0.3 is 0 Å². The van der Waals surface area contributed by atoms with Gasteiger partial charge in [-0.25, -0.2) is 9.37 Å². The van der Waals surface area contributed by atoms with Crippen molar-refractivity contribution in [2.45, 2.75) is 0 Å². The molecule has 0 radical (unpaired) electrons. The average Bonchev–Trinajstić information content (AvgIpc) is 2.89. The molecule has 0 aliphatic heterocycles. The van der Waals surface area contributed by atoms with Gasteiger partial charge in [0.2, 0.25) is 0 Å². The maximum atomic E-state index is 12.9. The monoisotopic (exact) mass is 270 g/mol. The fourth-order valence-electron chi connectivity index (χ4n) is 1.84. The molecule has 2 aromatic carbocycles.